The molecule has 0 aromatic heterocycles. The van der Waals surface area contributed by atoms with Crippen molar-refractivity contribution in [3.8, 4) is 11.5 Å². The molecule has 0 spiro atoms. The van der Waals surface area contributed by atoms with Crippen LogP contribution in [0.5, 0.6) is 11.5 Å². The molecule has 0 atom stereocenters. The zero-order valence-corrected chi connectivity index (χ0v) is 16.1. The number of benzene rings is 1. The molecule has 9 heteroatoms. The van der Waals surface area contributed by atoms with Gasteiger partial charge >= 0.3 is 0 Å². The van der Waals surface area contributed by atoms with Gasteiger partial charge in [0.1, 0.15) is 13.2 Å². The molecule has 0 radical (unpaired) electrons. The maximum absolute atomic E-state index is 12.9. The number of hydrogen-bond acceptors (Lipinski definition) is 5. The summed E-state index contributed by atoms with van der Waals surface area (Å²) < 4.78 is 39.7. The van der Waals surface area contributed by atoms with Crippen LogP contribution in [0.15, 0.2) is 18.2 Å². The minimum atomic E-state index is -3.42. The fraction of sp³-hybridized carbons (Fsp3) is 0.611. The first-order valence-corrected chi connectivity index (χ1v) is 10.9. The average molecular weight is 395 g/mol. The van der Waals surface area contributed by atoms with Crippen LogP contribution in [-0.4, -0.2) is 80.3 Å². The second-order valence-electron chi connectivity index (χ2n) is 7.02. The molecule has 27 heavy (non-hydrogen) atoms. The minimum Gasteiger partial charge on any atom is -0.486 e. The highest BCUT2D eigenvalue weighted by atomic mass is 32.2. The Bertz CT molecular complexity index is 807. The molecular formula is C18H25N3O5S. The Kier molecular flexibility index (Phi) is 5.25. The number of hydrogen-bond donors (Lipinski definition) is 0. The highest BCUT2D eigenvalue weighted by molar-refractivity contribution is 7.86. The predicted octanol–water partition coefficient (Wildman–Crippen LogP) is 0.946. The van der Waals surface area contributed by atoms with Gasteiger partial charge < -0.3 is 14.4 Å². The van der Waals surface area contributed by atoms with Crippen molar-refractivity contribution >= 4 is 16.1 Å². The van der Waals surface area contributed by atoms with Crippen LogP contribution in [0, 0.1) is 0 Å². The van der Waals surface area contributed by atoms with Gasteiger partial charge in [-0.05, 0) is 37.5 Å². The van der Waals surface area contributed by atoms with Gasteiger partial charge in [-0.15, -0.1) is 0 Å². The SMILES string of the molecule is O=C(c1ccc2c(c1)OCCO2)N1CCCN(S(=O)(=O)N2CCCC2)CC1. The third-order valence-corrected chi connectivity index (χ3v) is 7.28. The number of carbonyl (C=O) groups is 1. The highest BCUT2D eigenvalue weighted by Gasteiger charge is 2.33. The smallest absolute Gasteiger partial charge is 0.282 e. The van der Waals surface area contributed by atoms with Crippen molar-refractivity contribution in [2.24, 2.45) is 0 Å². The van der Waals surface area contributed by atoms with Crippen LogP contribution < -0.4 is 9.47 Å². The van der Waals surface area contributed by atoms with Gasteiger partial charge in [0, 0.05) is 44.8 Å². The van der Waals surface area contributed by atoms with E-state index < -0.39 is 10.2 Å². The predicted molar refractivity (Wildman–Crippen MR) is 99.3 cm³/mol. The average Bonchev–Trinajstić information content (AvgIpc) is 3.12. The van der Waals surface area contributed by atoms with Crippen LogP contribution in [0.1, 0.15) is 29.6 Å². The lowest BCUT2D eigenvalue weighted by molar-refractivity contribution is 0.0763. The molecule has 3 aliphatic rings. The first-order valence-electron chi connectivity index (χ1n) is 9.50. The topological polar surface area (TPSA) is 79.4 Å². The van der Waals surface area contributed by atoms with E-state index in [2.05, 4.69) is 0 Å². The Morgan fingerprint density at radius 3 is 2.26 bits per heavy atom. The summed E-state index contributed by atoms with van der Waals surface area (Å²) in [5.74, 6) is 1.13. The van der Waals surface area contributed by atoms with Crippen molar-refractivity contribution in [1.29, 1.82) is 0 Å². The molecule has 2 saturated heterocycles. The molecule has 0 saturated carbocycles. The first-order chi connectivity index (χ1) is 13.1. The Morgan fingerprint density at radius 1 is 0.815 bits per heavy atom. The molecule has 2 fully saturated rings. The lowest BCUT2D eigenvalue weighted by atomic mass is 10.1. The van der Waals surface area contributed by atoms with Crippen LogP contribution in [0.3, 0.4) is 0 Å². The molecule has 8 nitrogen and oxygen atoms in total. The summed E-state index contributed by atoms with van der Waals surface area (Å²) >= 11 is 0. The number of rotatable bonds is 3. The molecule has 1 aromatic carbocycles. The van der Waals surface area contributed by atoms with Crippen LogP contribution in [0.2, 0.25) is 0 Å². The van der Waals surface area contributed by atoms with Crippen LogP contribution in [0.4, 0.5) is 0 Å². The summed E-state index contributed by atoms with van der Waals surface area (Å²) in [5.41, 5.74) is 0.537. The van der Waals surface area contributed by atoms with E-state index in [0.29, 0.717) is 76.0 Å². The van der Waals surface area contributed by atoms with E-state index in [-0.39, 0.29) is 5.91 Å². The third-order valence-electron chi connectivity index (χ3n) is 5.25. The van der Waals surface area contributed by atoms with Crippen molar-refractivity contribution in [2.75, 3.05) is 52.5 Å². The van der Waals surface area contributed by atoms with Gasteiger partial charge in [0.05, 0.1) is 0 Å². The van der Waals surface area contributed by atoms with Crippen molar-refractivity contribution in [3.63, 3.8) is 0 Å². The summed E-state index contributed by atoms with van der Waals surface area (Å²) in [5, 5.41) is 0. The Balaban J connectivity index is 1.44. The first kappa shape index (κ1) is 18.5. The van der Waals surface area contributed by atoms with E-state index >= 15 is 0 Å². The van der Waals surface area contributed by atoms with E-state index in [1.807, 2.05) is 0 Å². The normalized spacial score (nSPS) is 21.9. The number of carbonyl (C=O) groups excluding carboxylic acids is 1. The van der Waals surface area contributed by atoms with E-state index in [9.17, 15) is 13.2 Å². The third kappa shape index (κ3) is 3.76. The quantitative estimate of drug-likeness (QED) is 0.761. The molecular weight excluding hydrogens is 370 g/mol. The Labute approximate surface area is 159 Å². The Hall–Kier alpha value is -1.84. The van der Waals surface area contributed by atoms with Crippen LogP contribution >= 0.6 is 0 Å². The zero-order valence-electron chi connectivity index (χ0n) is 15.3. The van der Waals surface area contributed by atoms with Gasteiger partial charge in [-0.3, -0.25) is 4.79 Å². The molecule has 0 aliphatic carbocycles. The standard InChI is InChI=1S/C18H25N3O5S/c22-18(15-4-5-16-17(14-15)26-13-12-25-16)19-6-3-9-21(11-10-19)27(23,24)20-7-1-2-8-20/h4-5,14H,1-3,6-13H2. The number of ether oxygens (including phenoxy) is 2. The number of nitrogens with zero attached hydrogens (tertiary/aromatic N) is 3. The van der Waals surface area contributed by atoms with Crippen LogP contribution in [-0.2, 0) is 10.2 Å². The fourth-order valence-corrected chi connectivity index (χ4v) is 5.49. The van der Waals surface area contributed by atoms with Gasteiger partial charge in [-0.1, -0.05) is 0 Å². The van der Waals surface area contributed by atoms with Crippen molar-refractivity contribution in [3.05, 3.63) is 23.8 Å². The Morgan fingerprint density at radius 2 is 1.48 bits per heavy atom. The van der Waals surface area contributed by atoms with E-state index in [1.165, 1.54) is 4.31 Å². The van der Waals surface area contributed by atoms with Gasteiger partial charge in [0.25, 0.3) is 16.1 Å². The second-order valence-corrected chi connectivity index (χ2v) is 8.95. The van der Waals surface area contributed by atoms with Crippen molar-refractivity contribution < 1.29 is 22.7 Å². The molecule has 0 unspecified atom stereocenters. The van der Waals surface area contributed by atoms with Gasteiger partial charge in [0.15, 0.2) is 11.5 Å². The molecule has 1 aromatic rings. The summed E-state index contributed by atoms with van der Waals surface area (Å²) in [7, 11) is -3.42. The van der Waals surface area contributed by atoms with E-state index in [4.69, 9.17) is 9.47 Å². The molecule has 0 bridgehead atoms. The lowest BCUT2D eigenvalue weighted by Gasteiger charge is -2.26. The van der Waals surface area contributed by atoms with Gasteiger partial charge in [-0.2, -0.15) is 17.0 Å². The lowest BCUT2D eigenvalue weighted by Crippen LogP contribution is -2.44. The fourth-order valence-electron chi connectivity index (χ4n) is 3.77. The summed E-state index contributed by atoms with van der Waals surface area (Å²) in [6.45, 7) is 3.88. The summed E-state index contributed by atoms with van der Waals surface area (Å²) in [6, 6.07) is 5.20. The molecule has 0 N–H and O–H groups in total. The van der Waals surface area contributed by atoms with Crippen molar-refractivity contribution in [1.82, 2.24) is 13.5 Å². The summed E-state index contributed by atoms with van der Waals surface area (Å²) in [4.78, 5) is 14.6. The van der Waals surface area contributed by atoms with Crippen LogP contribution in [0.25, 0.3) is 0 Å². The monoisotopic (exact) mass is 395 g/mol. The minimum absolute atomic E-state index is 0.104. The van der Waals surface area contributed by atoms with Crippen molar-refractivity contribution in [2.45, 2.75) is 19.3 Å². The number of amides is 1. The molecule has 3 aliphatic heterocycles. The maximum atomic E-state index is 12.9. The maximum Gasteiger partial charge on any atom is 0.282 e. The van der Waals surface area contributed by atoms with Gasteiger partial charge in [-0.25, -0.2) is 0 Å². The zero-order chi connectivity index (χ0) is 18.9. The summed E-state index contributed by atoms with van der Waals surface area (Å²) in [6.07, 6.45) is 2.47. The number of fused-ring (bicyclic) bond motifs is 1. The largest absolute Gasteiger partial charge is 0.486 e. The van der Waals surface area contributed by atoms with E-state index in [1.54, 1.807) is 27.4 Å². The molecule has 4 rings (SSSR count). The molecule has 148 valence electrons. The molecule has 3 heterocycles. The highest BCUT2D eigenvalue weighted by Crippen LogP contribution is 2.31. The van der Waals surface area contributed by atoms with E-state index in [0.717, 1.165) is 12.8 Å². The molecule has 1 amide bonds. The second kappa shape index (κ2) is 7.65. The van der Waals surface area contributed by atoms with Gasteiger partial charge in [0.2, 0.25) is 0 Å².